The minimum absolute atomic E-state index is 0.378. The van der Waals surface area contributed by atoms with Crippen LogP contribution in [-0.2, 0) is 9.53 Å². The Kier molecular flexibility index (Phi) is 6.63. The van der Waals surface area contributed by atoms with E-state index >= 15 is 0 Å². The molecule has 1 heterocycles. The fraction of sp³-hybridized carbons (Fsp3) is 0.583. The normalized spacial score (nSPS) is 14.3. The first kappa shape index (κ1) is 16.0. The number of unbranched alkanes of at least 4 members (excludes halogenated alkanes) is 1. The van der Waals surface area contributed by atoms with Crippen LogP contribution < -0.4 is 0 Å². The molecule has 18 heavy (non-hydrogen) atoms. The molecule has 0 aliphatic carbocycles. The lowest BCUT2D eigenvalue weighted by molar-refractivity contribution is -0.150. The Balaban J connectivity index is 2.86. The van der Waals surface area contributed by atoms with Crippen molar-refractivity contribution in [3.63, 3.8) is 0 Å². The molecule has 102 valence electrons. The van der Waals surface area contributed by atoms with Crippen molar-refractivity contribution in [1.82, 2.24) is 0 Å². The number of thiophene rings is 1. The molecular formula is C12H16BrClO3S. The molecule has 1 N–H and O–H groups in total. The molecule has 3 nitrogen and oxygen atoms in total. The van der Waals surface area contributed by atoms with Gasteiger partial charge in [0.05, 0.1) is 13.0 Å². The minimum atomic E-state index is -0.863. The molecule has 0 saturated heterocycles. The first-order valence-corrected chi connectivity index (χ1v) is 7.70. The van der Waals surface area contributed by atoms with Crippen LogP contribution in [0.3, 0.4) is 0 Å². The Bertz CT molecular complexity index is 389. The van der Waals surface area contributed by atoms with Crippen LogP contribution in [0.5, 0.6) is 0 Å². The second-order valence-corrected chi connectivity index (χ2v) is 6.53. The Morgan fingerprint density at radius 3 is 2.78 bits per heavy atom. The van der Waals surface area contributed by atoms with Gasteiger partial charge in [-0.05, 0) is 28.4 Å². The molecule has 0 spiro atoms. The number of esters is 1. The molecule has 0 amide bonds. The van der Waals surface area contributed by atoms with Crippen molar-refractivity contribution in [2.24, 2.45) is 5.92 Å². The third-order valence-electron chi connectivity index (χ3n) is 2.71. The van der Waals surface area contributed by atoms with Gasteiger partial charge in [0.1, 0.15) is 10.4 Å². The monoisotopic (exact) mass is 354 g/mol. The van der Waals surface area contributed by atoms with E-state index in [2.05, 4.69) is 15.9 Å². The highest BCUT2D eigenvalue weighted by Crippen LogP contribution is 2.38. The molecule has 6 heteroatoms. The lowest BCUT2D eigenvalue weighted by Crippen LogP contribution is -2.23. The summed E-state index contributed by atoms with van der Waals surface area (Å²) in [5.41, 5.74) is 0. The van der Waals surface area contributed by atoms with E-state index in [0.29, 0.717) is 15.6 Å². The molecule has 1 aromatic heterocycles. The topological polar surface area (TPSA) is 46.5 Å². The number of hydrogen-bond donors (Lipinski definition) is 1. The van der Waals surface area contributed by atoms with Crippen LogP contribution in [0.15, 0.2) is 10.5 Å². The van der Waals surface area contributed by atoms with Crippen molar-refractivity contribution in [2.45, 2.75) is 32.3 Å². The van der Waals surface area contributed by atoms with Gasteiger partial charge >= 0.3 is 5.97 Å². The zero-order valence-electron chi connectivity index (χ0n) is 10.3. The van der Waals surface area contributed by atoms with Crippen LogP contribution >= 0.6 is 38.9 Å². The Morgan fingerprint density at radius 1 is 1.67 bits per heavy atom. The predicted octanol–water partition coefficient (Wildman–Crippen LogP) is 4.18. The van der Waals surface area contributed by atoms with E-state index in [1.165, 1.54) is 18.4 Å². The highest BCUT2D eigenvalue weighted by atomic mass is 79.9. The maximum atomic E-state index is 11.7. The molecule has 1 aromatic rings. The third kappa shape index (κ3) is 3.95. The Labute approximate surface area is 124 Å². The molecule has 0 aromatic carbocycles. The summed E-state index contributed by atoms with van der Waals surface area (Å²) in [6.07, 6.45) is 1.58. The van der Waals surface area contributed by atoms with Gasteiger partial charge in [0, 0.05) is 9.35 Å². The van der Waals surface area contributed by atoms with E-state index in [1.54, 1.807) is 6.07 Å². The molecule has 0 fully saturated rings. The van der Waals surface area contributed by atoms with Crippen molar-refractivity contribution in [3.8, 4) is 0 Å². The summed E-state index contributed by atoms with van der Waals surface area (Å²) in [5, 5.41) is 10.3. The summed E-state index contributed by atoms with van der Waals surface area (Å²) in [5.74, 6) is -0.909. The van der Waals surface area contributed by atoms with E-state index in [4.69, 9.17) is 16.3 Å². The van der Waals surface area contributed by atoms with Crippen LogP contribution in [-0.4, -0.2) is 18.2 Å². The van der Waals surface area contributed by atoms with Gasteiger partial charge in [0.15, 0.2) is 0 Å². The zero-order valence-corrected chi connectivity index (χ0v) is 13.4. The third-order valence-corrected chi connectivity index (χ3v) is 5.25. The van der Waals surface area contributed by atoms with Crippen molar-refractivity contribution >= 4 is 44.8 Å². The number of rotatable bonds is 6. The van der Waals surface area contributed by atoms with Gasteiger partial charge in [-0.2, -0.15) is 0 Å². The number of hydrogen-bond acceptors (Lipinski definition) is 4. The number of carbonyl (C=O) groups is 1. The molecular weight excluding hydrogens is 340 g/mol. The van der Waals surface area contributed by atoms with Gasteiger partial charge in [-0.25, -0.2) is 0 Å². The Morgan fingerprint density at radius 2 is 2.33 bits per heavy atom. The highest BCUT2D eigenvalue weighted by Gasteiger charge is 2.30. The lowest BCUT2D eigenvalue weighted by Gasteiger charge is -2.19. The smallest absolute Gasteiger partial charge is 0.311 e. The van der Waals surface area contributed by atoms with Gasteiger partial charge in [-0.3, -0.25) is 4.79 Å². The van der Waals surface area contributed by atoms with E-state index in [1.807, 2.05) is 6.92 Å². The molecule has 1 rings (SSSR count). The van der Waals surface area contributed by atoms with E-state index in [-0.39, 0.29) is 5.97 Å². The fourth-order valence-corrected chi connectivity index (χ4v) is 3.48. The molecule has 0 aliphatic rings. The van der Waals surface area contributed by atoms with Gasteiger partial charge in [-0.15, -0.1) is 11.3 Å². The molecule has 2 unspecified atom stereocenters. The number of ether oxygens (including phenoxy) is 1. The largest absolute Gasteiger partial charge is 0.469 e. The number of aliphatic hydroxyl groups excluding tert-OH is 1. The molecule has 0 bridgehead atoms. The fourth-order valence-electron chi connectivity index (χ4n) is 1.69. The average Bonchev–Trinajstić information content (AvgIpc) is 2.69. The maximum Gasteiger partial charge on any atom is 0.311 e. The van der Waals surface area contributed by atoms with Crippen LogP contribution in [0, 0.1) is 5.92 Å². The zero-order chi connectivity index (χ0) is 13.7. The van der Waals surface area contributed by atoms with E-state index < -0.39 is 12.0 Å². The van der Waals surface area contributed by atoms with Crippen molar-refractivity contribution in [3.05, 3.63) is 19.8 Å². The number of halogens is 2. The average molecular weight is 356 g/mol. The summed E-state index contributed by atoms with van der Waals surface area (Å²) in [4.78, 5) is 12.4. The van der Waals surface area contributed by atoms with Crippen molar-refractivity contribution < 1.29 is 14.6 Å². The Hall–Kier alpha value is -0.100. The molecule has 0 saturated carbocycles. The van der Waals surface area contributed by atoms with Crippen LogP contribution in [0.1, 0.15) is 37.2 Å². The van der Waals surface area contributed by atoms with Crippen LogP contribution in [0.25, 0.3) is 0 Å². The number of carbonyl (C=O) groups excluding carboxylic acids is 1. The minimum Gasteiger partial charge on any atom is -0.469 e. The van der Waals surface area contributed by atoms with Gasteiger partial charge in [0.25, 0.3) is 0 Å². The maximum absolute atomic E-state index is 11.7. The summed E-state index contributed by atoms with van der Waals surface area (Å²) >= 11 is 10.5. The van der Waals surface area contributed by atoms with Gasteiger partial charge < -0.3 is 9.84 Å². The highest BCUT2D eigenvalue weighted by molar-refractivity contribution is 9.10. The summed E-state index contributed by atoms with van der Waals surface area (Å²) in [6.45, 7) is 2.04. The summed E-state index contributed by atoms with van der Waals surface area (Å²) < 4.78 is 6.06. The van der Waals surface area contributed by atoms with Crippen LogP contribution in [0.4, 0.5) is 0 Å². The first-order chi connectivity index (χ1) is 8.51. The second kappa shape index (κ2) is 7.48. The van der Waals surface area contributed by atoms with Gasteiger partial charge in [-0.1, -0.05) is 31.4 Å². The number of aliphatic hydroxyl groups is 1. The van der Waals surface area contributed by atoms with Crippen LogP contribution in [0.2, 0.25) is 4.34 Å². The quantitative estimate of drug-likeness (QED) is 0.779. The number of methoxy groups -OCH3 is 1. The second-order valence-electron chi connectivity index (χ2n) is 3.99. The van der Waals surface area contributed by atoms with E-state index in [0.717, 1.165) is 17.3 Å². The van der Waals surface area contributed by atoms with Gasteiger partial charge in [0.2, 0.25) is 0 Å². The van der Waals surface area contributed by atoms with E-state index in [9.17, 15) is 9.90 Å². The van der Waals surface area contributed by atoms with Crippen molar-refractivity contribution in [1.29, 1.82) is 0 Å². The summed E-state index contributed by atoms with van der Waals surface area (Å²) in [7, 11) is 1.34. The van der Waals surface area contributed by atoms with Crippen molar-refractivity contribution in [2.75, 3.05) is 7.11 Å². The first-order valence-electron chi connectivity index (χ1n) is 5.71. The standard InChI is InChI=1S/C12H16BrClO3S/c1-3-4-5-7(12(16)17-2)10(15)9-6-8(13)11(14)18-9/h6-7,10,15H,3-5H2,1-2H3. The summed E-state index contributed by atoms with van der Waals surface area (Å²) in [6, 6.07) is 1.75. The SMILES string of the molecule is CCCCC(C(=O)OC)C(O)c1cc(Br)c(Cl)s1. The predicted molar refractivity (Wildman–Crippen MR) is 77.0 cm³/mol. The molecule has 0 radical (unpaired) electrons. The lowest BCUT2D eigenvalue weighted by atomic mass is 9.95. The molecule has 2 atom stereocenters. The molecule has 0 aliphatic heterocycles.